The van der Waals surface area contributed by atoms with Crippen molar-refractivity contribution in [3.8, 4) is 0 Å². The van der Waals surface area contributed by atoms with Crippen LogP contribution in [-0.4, -0.2) is 70.1 Å². The molecule has 0 bridgehead atoms. The molecule has 3 rings (SSSR count). The first kappa shape index (κ1) is 21.8. The molecule has 0 aliphatic carbocycles. The van der Waals surface area contributed by atoms with E-state index in [1.165, 1.54) is 50.9 Å². The van der Waals surface area contributed by atoms with Crippen molar-refractivity contribution in [3.63, 3.8) is 0 Å². The van der Waals surface area contributed by atoms with E-state index in [9.17, 15) is 9.18 Å². The van der Waals surface area contributed by atoms with Crippen molar-refractivity contribution >= 4 is 17.8 Å². The van der Waals surface area contributed by atoms with E-state index in [1.807, 2.05) is 4.90 Å². The fourth-order valence-corrected chi connectivity index (χ4v) is 3.67. The van der Waals surface area contributed by atoms with E-state index in [0.717, 1.165) is 25.9 Å². The third-order valence-corrected chi connectivity index (χ3v) is 5.18. The van der Waals surface area contributed by atoms with Crippen LogP contribution in [0.15, 0.2) is 24.3 Å². The number of rotatable bonds is 2. The molecular weight excluding hydrogens is 367 g/mol. The first-order chi connectivity index (χ1) is 13.4. The SMILES string of the molecule is O=C(O)C(=O)O.O=C(c1ccc(F)cc1)N1CCC(N2CCCCCC2)CC1. The highest BCUT2D eigenvalue weighted by atomic mass is 19.1. The van der Waals surface area contributed by atoms with Crippen LogP contribution >= 0.6 is 0 Å². The molecule has 1 aromatic rings. The van der Waals surface area contributed by atoms with Gasteiger partial charge in [-0.25, -0.2) is 14.0 Å². The van der Waals surface area contributed by atoms with Crippen LogP contribution in [0.25, 0.3) is 0 Å². The molecule has 7 nitrogen and oxygen atoms in total. The first-order valence-corrected chi connectivity index (χ1v) is 9.63. The number of hydrogen-bond donors (Lipinski definition) is 2. The zero-order valence-electron chi connectivity index (χ0n) is 15.8. The maximum Gasteiger partial charge on any atom is 0.414 e. The maximum absolute atomic E-state index is 13.0. The Morgan fingerprint density at radius 3 is 1.79 bits per heavy atom. The molecule has 0 aromatic heterocycles. The monoisotopic (exact) mass is 394 g/mol. The van der Waals surface area contributed by atoms with Gasteiger partial charge in [0, 0.05) is 24.7 Å². The Hall–Kier alpha value is -2.48. The molecule has 2 aliphatic heterocycles. The van der Waals surface area contributed by atoms with Gasteiger partial charge in [-0.2, -0.15) is 0 Å². The third-order valence-electron chi connectivity index (χ3n) is 5.18. The van der Waals surface area contributed by atoms with Gasteiger partial charge >= 0.3 is 11.9 Å². The number of hydrogen-bond acceptors (Lipinski definition) is 4. The van der Waals surface area contributed by atoms with Crippen LogP contribution in [0.3, 0.4) is 0 Å². The summed E-state index contributed by atoms with van der Waals surface area (Å²) >= 11 is 0. The Morgan fingerprint density at radius 2 is 1.32 bits per heavy atom. The molecule has 28 heavy (non-hydrogen) atoms. The Kier molecular flexibility index (Phi) is 8.38. The Bertz CT molecular complexity index is 652. The lowest BCUT2D eigenvalue weighted by Gasteiger charge is -2.38. The molecule has 1 aromatic carbocycles. The molecule has 0 spiro atoms. The average Bonchev–Trinajstić information content (AvgIpc) is 2.98. The molecule has 2 saturated heterocycles. The number of nitrogens with zero attached hydrogens (tertiary/aromatic N) is 2. The normalized spacial score (nSPS) is 18.5. The minimum absolute atomic E-state index is 0.0364. The second-order valence-corrected chi connectivity index (χ2v) is 7.09. The molecule has 0 atom stereocenters. The summed E-state index contributed by atoms with van der Waals surface area (Å²) in [6.07, 6.45) is 7.47. The van der Waals surface area contributed by atoms with Gasteiger partial charge in [0.15, 0.2) is 0 Å². The highest BCUT2D eigenvalue weighted by Gasteiger charge is 2.27. The molecule has 2 N–H and O–H groups in total. The Labute approximate surface area is 163 Å². The van der Waals surface area contributed by atoms with Gasteiger partial charge < -0.3 is 20.0 Å². The first-order valence-electron chi connectivity index (χ1n) is 9.63. The number of carbonyl (C=O) groups is 3. The van der Waals surface area contributed by atoms with E-state index in [0.29, 0.717) is 11.6 Å². The number of carboxylic acid groups (broad SMARTS) is 2. The van der Waals surface area contributed by atoms with Crippen molar-refractivity contribution in [3.05, 3.63) is 35.6 Å². The van der Waals surface area contributed by atoms with Gasteiger partial charge in [-0.05, 0) is 63.0 Å². The molecule has 1 amide bonds. The lowest BCUT2D eigenvalue weighted by Crippen LogP contribution is -2.47. The van der Waals surface area contributed by atoms with Crippen LogP contribution in [0.4, 0.5) is 4.39 Å². The van der Waals surface area contributed by atoms with Crippen molar-refractivity contribution < 1.29 is 29.0 Å². The van der Waals surface area contributed by atoms with Gasteiger partial charge in [0.25, 0.3) is 5.91 Å². The number of likely N-dealkylation sites (tertiary alicyclic amines) is 2. The van der Waals surface area contributed by atoms with E-state index >= 15 is 0 Å². The van der Waals surface area contributed by atoms with Crippen LogP contribution in [0.2, 0.25) is 0 Å². The van der Waals surface area contributed by atoms with E-state index < -0.39 is 11.9 Å². The summed E-state index contributed by atoms with van der Waals surface area (Å²) in [4.78, 5) is 35.2. The van der Waals surface area contributed by atoms with Crippen LogP contribution in [-0.2, 0) is 9.59 Å². The molecule has 8 heteroatoms. The highest BCUT2D eigenvalue weighted by molar-refractivity contribution is 6.27. The second kappa shape index (κ2) is 10.8. The molecule has 2 heterocycles. The molecular formula is C20H27FN2O5. The smallest absolute Gasteiger partial charge is 0.414 e. The molecule has 154 valence electrons. The summed E-state index contributed by atoms with van der Waals surface area (Å²) in [6, 6.07) is 6.52. The van der Waals surface area contributed by atoms with E-state index in [4.69, 9.17) is 19.8 Å². The number of halogens is 1. The third kappa shape index (κ3) is 6.60. The van der Waals surface area contributed by atoms with Crippen molar-refractivity contribution in [2.24, 2.45) is 0 Å². The largest absolute Gasteiger partial charge is 0.473 e. The lowest BCUT2D eigenvalue weighted by atomic mass is 10.0. The van der Waals surface area contributed by atoms with Gasteiger partial charge in [-0.15, -0.1) is 0 Å². The minimum atomic E-state index is -1.82. The number of carbonyl (C=O) groups excluding carboxylic acids is 1. The van der Waals surface area contributed by atoms with Gasteiger partial charge in [0.05, 0.1) is 0 Å². The van der Waals surface area contributed by atoms with Crippen molar-refractivity contribution in [1.29, 1.82) is 0 Å². The number of aliphatic carboxylic acids is 2. The zero-order chi connectivity index (χ0) is 20.5. The predicted molar refractivity (Wildman–Crippen MR) is 101 cm³/mol. The summed E-state index contributed by atoms with van der Waals surface area (Å²) < 4.78 is 13.0. The highest BCUT2D eigenvalue weighted by Crippen LogP contribution is 2.21. The molecule has 2 aliphatic rings. The summed E-state index contributed by atoms with van der Waals surface area (Å²) in [5, 5.41) is 14.8. The number of benzene rings is 1. The van der Waals surface area contributed by atoms with Gasteiger partial charge in [-0.3, -0.25) is 4.79 Å². The summed E-state index contributed by atoms with van der Waals surface area (Å²) in [5.74, 6) is -3.91. The van der Waals surface area contributed by atoms with Crippen LogP contribution in [0, 0.1) is 5.82 Å². The number of amides is 1. The molecule has 0 saturated carbocycles. The average molecular weight is 394 g/mol. The Balaban J connectivity index is 0.000000409. The fraction of sp³-hybridized carbons (Fsp3) is 0.550. The minimum Gasteiger partial charge on any atom is -0.473 e. The summed E-state index contributed by atoms with van der Waals surface area (Å²) in [7, 11) is 0. The van der Waals surface area contributed by atoms with Crippen molar-refractivity contribution in [1.82, 2.24) is 9.80 Å². The van der Waals surface area contributed by atoms with Crippen LogP contribution in [0.1, 0.15) is 48.9 Å². The standard InChI is InChI=1S/C18H25FN2O.C2H2O4/c19-16-7-5-15(6-8-16)18(22)21-13-9-17(10-14-21)20-11-3-1-2-4-12-20;3-1(4)2(5)6/h5-8,17H,1-4,9-14H2;(H,3,4)(H,5,6). The van der Waals surface area contributed by atoms with E-state index in [1.54, 1.807) is 12.1 Å². The lowest BCUT2D eigenvalue weighted by molar-refractivity contribution is -0.159. The van der Waals surface area contributed by atoms with Crippen LogP contribution < -0.4 is 0 Å². The second-order valence-electron chi connectivity index (χ2n) is 7.09. The zero-order valence-corrected chi connectivity index (χ0v) is 15.8. The number of piperidine rings is 1. The summed E-state index contributed by atoms with van der Waals surface area (Å²) in [6.45, 7) is 4.07. The van der Waals surface area contributed by atoms with Gasteiger partial charge in [0.1, 0.15) is 5.82 Å². The topological polar surface area (TPSA) is 98.1 Å². The van der Waals surface area contributed by atoms with Crippen molar-refractivity contribution in [2.45, 2.75) is 44.6 Å². The van der Waals surface area contributed by atoms with Crippen molar-refractivity contribution in [2.75, 3.05) is 26.2 Å². The molecule has 0 radical (unpaired) electrons. The van der Waals surface area contributed by atoms with Crippen LogP contribution in [0.5, 0.6) is 0 Å². The predicted octanol–water partition coefficient (Wildman–Crippen LogP) is 2.46. The van der Waals surface area contributed by atoms with E-state index in [2.05, 4.69) is 4.90 Å². The summed E-state index contributed by atoms with van der Waals surface area (Å²) in [5.41, 5.74) is 0.592. The quantitative estimate of drug-likeness (QED) is 0.748. The van der Waals surface area contributed by atoms with E-state index in [-0.39, 0.29) is 11.7 Å². The number of carboxylic acids is 2. The fourth-order valence-electron chi connectivity index (χ4n) is 3.67. The van der Waals surface area contributed by atoms with Gasteiger partial charge in [0.2, 0.25) is 0 Å². The molecule has 0 unspecified atom stereocenters. The Morgan fingerprint density at radius 1 is 0.821 bits per heavy atom. The molecule has 2 fully saturated rings. The maximum atomic E-state index is 13.0. The van der Waals surface area contributed by atoms with Gasteiger partial charge in [-0.1, -0.05) is 12.8 Å².